The van der Waals surface area contributed by atoms with Crippen LogP contribution >= 0.6 is 0 Å². The molecular weight excluding hydrogens is 318 g/mol. The normalized spacial score (nSPS) is 24.0. The van der Waals surface area contributed by atoms with Crippen molar-refractivity contribution < 1.29 is 9.59 Å². The highest BCUT2D eigenvalue weighted by molar-refractivity contribution is 5.27. The van der Waals surface area contributed by atoms with Gasteiger partial charge in [-0.15, -0.1) is 0 Å². The minimum Gasteiger partial charge on any atom is -0.374 e. The van der Waals surface area contributed by atoms with E-state index in [9.17, 15) is 5.11 Å². The molecule has 1 heterocycles. The summed E-state index contributed by atoms with van der Waals surface area (Å²) < 4.78 is 0.874. The predicted octanol–water partition coefficient (Wildman–Crippen LogP) is 4.49. The molecule has 0 spiro atoms. The van der Waals surface area contributed by atoms with Gasteiger partial charge in [-0.05, 0) is 12.5 Å². The maximum atomic E-state index is 11.4. The molecule has 0 amide bonds. The van der Waals surface area contributed by atoms with E-state index in [1.54, 1.807) is 0 Å². The van der Waals surface area contributed by atoms with Gasteiger partial charge in [0.05, 0.1) is 0 Å². The number of likely N-dealkylation sites (tertiary alicyclic amines) is 1. The summed E-state index contributed by atoms with van der Waals surface area (Å²) in [6, 6.07) is 31.6. The van der Waals surface area contributed by atoms with Crippen molar-refractivity contribution in [3.63, 3.8) is 0 Å². The maximum Gasteiger partial charge on any atom is 0.190 e. The van der Waals surface area contributed by atoms with Gasteiger partial charge >= 0.3 is 0 Å². The first-order valence-electron chi connectivity index (χ1n) is 9.34. The van der Waals surface area contributed by atoms with E-state index in [0.717, 1.165) is 29.7 Å². The van der Waals surface area contributed by atoms with Crippen molar-refractivity contribution in [2.45, 2.75) is 31.7 Å². The molecule has 1 aliphatic rings. The zero-order valence-corrected chi connectivity index (χ0v) is 15.3. The average molecular weight is 344 g/mol. The van der Waals surface area contributed by atoms with Crippen LogP contribution in [0.3, 0.4) is 0 Å². The largest absolute Gasteiger partial charge is 0.374 e. The van der Waals surface area contributed by atoms with Crippen LogP contribution in [0.4, 0.5) is 0 Å². The van der Waals surface area contributed by atoms with E-state index in [2.05, 4.69) is 79.7 Å². The Morgan fingerprint density at radius 3 is 1.62 bits per heavy atom. The first kappa shape index (κ1) is 17.0. The summed E-state index contributed by atoms with van der Waals surface area (Å²) in [5.74, 6) is 0. The summed E-state index contributed by atoms with van der Waals surface area (Å²) in [6.07, 6.45) is 0. The lowest BCUT2D eigenvalue weighted by Gasteiger charge is -2.60. The Bertz CT molecular complexity index is 806. The number of nitrogens with zero attached hydrogens (tertiary/aromatic N) is 1. The molecule has 1 fully saturated rings. The van der Waals surface area contributed by atoms with E-state index in [0.29, 0.717) is 0 Å². The van der Waals surface area contributed by atoms with Gasteiger partial charge in [0.2, 0.25) is 0 Å². The lowest BCUT2D eigenvalue weighted by molar-refractivity contribution is -1.03. The molecule has 4 rings (SSSR count). The lowest BCUT2D eigenvalue weighted by Crippen LogP contribution is -2.76. The van der Waals surface area contributed by atoms with Crippen LogP contribution in [-0.2, 0) is 18.7 Å². The van der Waals surface area contributed by atoms with Gasteiger partial charge in [0.25, 0.3) is 0 Å². The van der Waals surface area contributed by atoms with Crippen molar-refractivity contribution in [3.05, 3.63) is 108 Å². The lowest BCUT2D eigenvalue weighted by atomic mass is 9.74. The summed E-state index contributed by atoms with van der Waals surface area (Å²) in [5.41, 5.74) is 2.92. The second-order valence-corrected chi connectivity index (χ2v) is 7.63. The van der Waals surface area contributed by atoms with Crippen LogP contribution in [0.25, 0.3) is 0 Å². The molecule has 1 aliphatic heterocycles. The fraction of sp³-hybridized carbons (Fsp3) is 0.250. The molecule has 1 N–H and O–H groups in total. The number of aliphatic hydroxyl groups is 1. The van der Waals surface area contributed by atoms with E-state index < -0.39 is 5.60 Å². The Morgan fingerprint density at radius 1 is 0.769 bits per heavy atom. The third-order valence-electron chi connectivity index (χ3n) is 6.02. The van der Waals surface area contributed by atoms with E-state index in [4.69, 9.17) is 0 Å². The van der Waals surface area contributed by atoms with E-state index in [-0.39, 0.29) is 6.04 Å². The highest BCUT2D eigenvalue weighted by Gasteiger charge is 2.62. The smallest absolute Gasteiger partial charge is 0.190 e. The van der Waals surface area contributed by atoms with Crippen molar-refractivity contribution >= 4 is 0 Å². The highest BCUT2D eigenvalue weighted by Crippen LogP contribution is 2.47. The molecule has 26 heavy (non-hydrogen) atoms. The van der Waals surface area contributed by atoms with E-state index >= 15 is 0 Å². The van der Waals surface area contributed by atoms with E-state index in [1.807, 2.05) is 18.2 Å². The third-order valence-corrected chi connectivity index (χ3v) is 6.02. The number of quaternary nitrogens is 1. The molecule has 0 aliphatic carbocycles. The second kappa shape index (κ2) is 6.71. The summed E-state index contributed by atoms with van der Waals surface area (Å²) in [5, 5.41) is 11.4. The van der Waals surface area contributed by atoms with Gasteiger partial charge in [-0.2, -0.15) is 0 Å². The quantitative estimate of drug-likeness (QED) is 0.676. The van der Waals surface area contributed by atoms with Gasteiger partial charge in [0.1, 0.15) is 25.7 Å². The van der Waals surface area contributed by atoms with Crippen LogP contribution in [0.1, 0.15) is 23.6 Å². The minimum absolute atomic E-state index is 0.130. The molecule has 2 nitrogen and oxygen atoms in total. The van der Waals surface area contributed by atoms with E-state index in [1.165, 1.54) is 11.1 Å². The SMILES string of the molecule is C[C@H]1[C@](O)(c2ccccc2)C[N+]1(Cc1ccccc1)Cc1ccccc1. The van der Waals surface area contributed by atoms with Crippen molar-refractivity contribution in [2.24, 2.45) is 0 Å². The van der Waals surface area contributed by atoms with Crippen LogP contribution < -0.4 is 0 Å². The summed E-state index contributed by atoms with van der Waals surface area (Å²) in [7, 11) is 0. The Morgan fingerprint density at radius 2 is 1.19 bits per heavy atom. The molecule has 0 saturated carbocycles. The van der Waals surface area contributed by atoms with Crippen LogP contribution in [0.2, 0.25) is 0 Å². The Kier molecular flexibility index (Phi) is 4.39. The summed E-state index contributed by atoms with van der Waals surface area (Å²) >= 11 is 0. The molecule has 0 radical (unpaired) electrons. The highest BCUT2D eigenvalue weighted by atomic mass is 16.3. The van der Waals surface area contributed by atoms with Gasteiger partial charge in [0.15, 0.2) is 5.60 Å². The van der Waals surface area contributed by atoms with Crippen molar-refractivity contribution in [1.82, 2.24) is 0 Å². The third kappa shape index (κ3) is 2.96. The van der Waals surface area contributed by atoms with Gasteiger partial charge in [0, 0.05) is 11.1 Å². The Hall–Kier alpha value is -2.42. The van der Waals surface area contributed by atoms with Crippen LogP contribution in [0, 0.1) is 0 Å². The minimum atomic E-state index is -0.759. The first-order valence-corrected chi connectivity index (χ1v) is 9.34. The van der Waals surface area contributed by atoms with Crippen LogP contribution in [0.15, 0.2) is 91.0 Å². The van der Waals surface area contributed by atoms with Crippen LogP contribution in [-0.4, -0.2) is 22.2 Å². The monoisotopic (exact) mass is 344 g/mol. The van der Waals surface area contributed by atoms with Gasteiger partial charge in [-0.1, -0.05) is 91.0 Å². The standard InChI is InChI=1S/C24H26NO/c1-20-24(26,23-15-9-4-10-16-23)19-25(20,17-21-11-5-2-6-12-21)18-22-13-7-3-8-14-22/h2-16,20,26H,17-19H2,1H3/q+1/t20-,24-/m0/s1. The molecule has 3 aromatic carbocycles. The van der Waals surface area contributed by atoms with Gasteiger partial charge in [-0.25, -0.2) is 0 Å². The molecular formula is C24H26NO+. The number of hydrogen-bond donors (Lipinski definition) is 1. The molecule has 2 atom stereocenters. The number of rotatable bonds is 5. The maximum absolute atomic E-state index is 11.4. The van der Waals surface area contributed by atoms with Crippen molar-refractivity contribution in [2.75, 3.05) is 6.54 Å². The summed E-state index contributed by atoms with van der Waals surface area (Å²) in [6.45, 7) is 4.81. The number of hydrogen-bond acceptors (Lipinski definition) is 1. The fourth-order valence-electron chi connectivity index (χ4n) is 4.48. The molecule has 132 valence electrons. The van der Waals surface area contributed by atoms with Crippen LogP contribution in [0.5, 0.6) is 0 Å². The first-order chi connectivity index (χ1) is 12.6. The topological polar surface area (TPSA) is 20.2 Å². The van der Waals surface area contributed by atoms with Gasteiger partial charge < -0.3 is 9.59 Å². The Balaban J connectivity index is 1.66. The van der Waals surface area contributed by atoms with Crippen molar-refractivity contribution in [1.29, 1.82) is 0 Å². The van der Waals surface area contributed by atoms with Gasteiger partial charge in [-0.3, -0.25) is 0 Å². The average Bonchev–Trinajstić information content (AvgIpc) is 2.70. The second-order valence-electron chi connectivity index (χ2n) is 7.63. The zero-order valence-electron chi connectivity index (χ0n) is 15.3. The summed E-state index contributed by atoms with van der Waals surface area (Å²) in [4.78, 5) is 0. The molecule has 2 heteroatoms. The number of benzene rings is 3. The fourth-order valence-corrected chi connectivity index (χ4v) is 4.48. The Labute approximate surface area is 155 Å². The molecule has 0 aromatic heterocycles. The molecule has 3 aromatic rings. The molecule has 0 bridgehead atoms. The predicted molar refractivity (Wildman–Crippen MR) is 105 cm³/mol. The zero-order chi connectivity index (χ0) is 18.0. The molecule has 1 saturated heterocycles. The van der Waals surface area contributed by atoms with Crippen molar-refractivity contribution in [3.8, 4) is 0 Å². The molecule has 0 unspecified atom stereocenters.